The highest BCUT2D eigenvalue weighted by molar-refractivity contribution is 7.13. The molecule has 0 N–H and O–H groups in total. The van der Waals surface area contributed by atoms with E-state index in [1.165, 1.54) is 0 Å². The summed E-state index contributed by atoms with van der Waals surface area (Å²) in [6, 6.07) is 4.28. The standard InChI is InChI=1S/C20H21FN4O3S/c21-25-13-1-2-14(25)8-24(7-13)20-23-17-6-15(27-11-12-9-26-10-12)5-16(18(17)28-20)19-22-3-4-29-19/h3-6,12-14H,1-2,7-11H2. The molecule has 2 unspecified atom stereocenters. The zero-order chi connectivity index (χ0) is 19.4. The second-order valence-corrected chi connectivity index (χ2v) is 8.90. The topological polar surface area (TPSA) is 63.9 Å². The highest BCUT2D eigenvalue weighted by Gasteiger charge is 2.42. The molecule has 6 rings (SSSR count). The summed E-state index contributed by atoms with van der Waals surface area (Å²) in [4.78, 5) is 11.3. The van der Waals surface area contributed by atoms with Crippen LogP contribution in [0.2, 0.25) is 0 Å². The molecular weight excluding hydrogens is 395 g/mol. The minimum atomic E-state index is -0.0780. The van der Waals surface area contributed by atoms with Crippen molar-refractivity contribution in [3.8, 4) is 16.3 Å². The SMILES string of the molecule is FN1C2CCC1CN(c1nc3cc(OCC4COC4)cc(-c4nccs4)c3o1)C2. The highest BCUT2D eigenvalue weighted by Crippen LogP contribution is 2.38. The van der Waals surface area contributed by atoms with Gasteiger partial charge < -0.3 is 18.8 Å². The molecule has 0 spiro atoms. The van der Waals surface area contributed by atoms with Crippen LogP contribution < -0.4 is 9.64 Å². The first-order chi connectivity index (χ1) is 14.2. The van der Waals surface area contributed by atoms with E-state index in [-0.39, 0.29) is 12.1 Å². The third-order valence-electron chi connectivity index (χ3n) is 5.97. The first-order valence-electron chi connectivity index (χ1n) is 9.98. The van der Waals surface area contributed by atoms with E-state index in [1.807, 2.05) is 17.5 Å². The summed E-state index contributed by atoms with van der Waals surface area (Å²) in [5.41, 5.74) is 2.31. The molecule has 0 radical (unpaired) electrons. The maximum absolute atomic E-state index is 14.1. The fourth-order valence-corrected chi connectivity index (χ4v) is 4.98. The third-order valence-corrected chi connectivity index (χ3v) is 6.78. The van der Waals surface area contributed by atoms with Gasteiger partial charge in [-0.2, -0.15) is 4.98 Å². The Labute approximate surface area is 171 Å². The summed E-state index contributed by atoms with van der Waals surface area (Å²) < 4.78 is 31.6. The molecule has 7 nitrogen and oxygen atoms in total. The van der Waals surface area contributed by atoms with Gasteiger partial charge in [-0.05, 0) is 18.9 Å². The van der Waals surface area contributed by atoms with Gasteiger partial charge >= 0.3 is 0 Å². The number of ether oxygens (including phenoxy) is 2. The van der Waals surface area contributed by atoms with Crippen molar-refractivity contribution in [3.63, 3.8) is 0 Å². The van der Waals surface area contributed by atoms with Crippen molar-refractivity contribution in [2.24, 2.45) is 5.92 Å². The number of halogens is 1. The van der Waals surface area contributed by atoms with Crippen LogP contribution in [0.5, 0.6) is 5.75 Å². The van der Waals surface area contributed by atoms with E-state index in [9.17, 15) is 4.48 Å². The van der Waals surface area contributed by atoms with Crippen LogP contribution in [-0.4, -0.2) is 60.1 Å². The molecule has 0 amide bonds. The van der Waals surface area contributed by atoms with E-state index >= 15 is 0 Å². The lowest BCUT2D eigenvalue weighted by atomic mass is 10.1. The molecule has 3 saturated heterocycles. The molecule has 2 aromatic heterocycles. The number of aromatic nitrogens is 2. The lowest BCUT2D eigenvalue weighted by molar-refractivity contribution is -0.0508. The fraction of sp³-hybridized carbons (Fsp3) is 0.500. The number of rotatable bonds is 5. The molecule has 152 valence electrons. The van der Waals surface area contributed by atoms with Crippen LogP contribution in [0.15, 0.2) is 28.1 Å². The minimum absolute atomic E-state index is 0.0780. The first kappa shape index (κ1) is 17.6. The summed E-state index contributed by atoms with van der Waals surface area (Å²) in [5.74, 6) is 1.19. The number of oxazole rings is 1. The second-order valence-electron chi connectivity index (χ2n) is 8.00. The van der Waals surface area contributed by atoms with Gasteiger partial charge in [0, 0.05) is 36.7 Å². The van der Waals surface area contributed by atoms with Crippen molar-refractivity contribution < 1.29 is 18.4 Å². The molecular formula is C20H21FN4O3S. The largest absolute Gasteiger partial charge is 0.493 e. The molecule has 3 fully saturated rings. The van der Waals surface area contributed by atoms with Crippen molar-refractivity contribution in [1.29, 1.82) is 0 Å². The van der Waals surface area contributed by atoms with Crippen LogP contribution in [0.1, 0.15) is 12.8 Å². The Hall–Kier alpha value is -2.23. The smallest absolute Gasteiger partial charge is 0.298 e. The lowest BCUT2D eigenvalue weighted by Crippen LogP contribution is -2.50. The summed E-state index contributed by atoms with van der Waals surface area (Å²) >= 11 is 1.55. The average molecular weight is 416 g/mol. The van der Waals surface area contributed by atoms with E-state index in [4.69, 9.17) is 18.9 Å². The molecule has 3 aliphatic heterocycles. The van der Waals surface area contributed by atoms with Crippen LogP contribution in [0, 0.1) is 5.92 Å². The summed E-state index contributed by atoms with van der Waals surface area (Å²) in [6.45, 7) is 3.31. The van der Waals surface area contributed by atoms with Gasteiger partial charge in [-0.25, -0.2) is 4.98 Å². The predicted octanol–water partition coefficient (Wildman–Crippen LogP) is 3.51. The number of benzene rings is 1. The average Bonchev–Trinajstić information content (AvgIpc) is 3.39. The minimum Gasteiger partial charge on any atom is -0.493 e. The van der Waals surface area contributed by atoms with Crippen molar-refractivity contribution in [2.75, 3.05) is 37.8 Å². The fourth-order valence-electron chi connectivity index (χ4n) is 4.33. The number of thiazole rings is 1. The van der Waals surface area contributed by atoms with Crippen LogP contribution in [0.3, 0.4) is 0 Å². The number of fused-ring (bicyclic) bond motifs is 3. The van der Waals surface area contributed by atoms with Gasteiger partial charge in [0.05, 0.1) is 37.5 Å². The Morgan fingerprint density at radius 1 is 1.21 bits per heavy atom. The van der Waals surface area contributed by atoms with Crippen molar-refractivity contribution in [2.45, 2.75) is 24.9 Å². The van der Waals surface area contributed by atoms with E-state index in [0.29, 0.717) is 37.2 Å². The number of hydrogen-bond acceptors (Lipinski definition) is 8. The monoisotopic (exact) mass is 416 g/mol. The maximum atomic E-state index is 14.1. The molecule has 3 aliphatic rings. The van der Waals surface area contributed by atoms with Gasteiger partial charge in [-0.1, -0.05) is 0 Å². The zero-order valence-electron chi connectivity index (χ0n) is 15.8. The van der Waals surface area contributed by atoms with E-state index < -0.39 is 0 Å². The van der Waals surface area contributed by atoms with Crippen LogP contribution >= 0.6 is 11.3 Å². The molecule has 2 bridgehead atoms. The van der Waals surface area contributed by atoms with Crippen molar-refractivity contribution in [3.05, 3.63) is 23.7 Å². The van der Waals surface area contributed by atoms with E-state index in [0.717, 1.165) is 53.0 Å². The molecule has 9 heteroatoms. The lowest BCUT2D eigenvalue weighted by Gasteiger charge is -2.34. The van der Waals surface area contributed by atoms with E-state index in [1.54, 1.807) is 17.5 Å². The van der Waals surface area contributed by atoms with Gasteiger partial charge in [-0.15, -0.1) is 20.9 Å². The Kier molecular flexibility index (Phi) is 4.21. The summed E-state index contributed by atoms with van der Waals surface area (Å²) in [6.07, 6.45) is 3.54. The quantitative estimate of drug-likeness (QED) is 0.590. The molecule has 1 aromatic carbocycles. The normalized spacial score (nSPS) is 24.9. The van der Waals surface area contributed by atoms with Crippen LogP contribution in [-0.2, 0) is 4.74 Å². The van der Waals surface area contributed by atoms with Gasteiger partial charge in [0.25, 0.3) is 6.01 Å². The predicted molar refractivity (Wildman–Crippen MR) is 107 cm³/mol. The zero-order valence-corrected chi connectivity index (χ0v) is 16.6. The Bertz CT molecular complexity index is 1010. The van der Waals surface area contributed by atoms with Gasteiger partial charge in [-0.3, -0.25) is 0 Å². The van der Waals surface area contributed by atoms with Gasteiger partial charge in [0.15, 0.2) is 5.58 Å². The molecule has 0 aliphatic carbocycles. The highest BCUT2D eigenvalue weighted by atomic mass is 32.1. The number of anilines is 1. The van der Waals surface area contributed by atoms with Gasteiger partial charge in [0.2, 0.25) is 0 Å². The number of piperazine rings is 1. The third kappa shape index (κ3) is 3.08. The van der Waals surface area contributed by atoms with Crippen molar-refractivity contribution in [1.82, 2.24) is 15.1 Å². The van der Waals surface area contributed by atoms with E-state index in [2.05, 4.69) is 9.88 Å². The van der Waals surface area contributed by atoms with Crippen molar-refractivity contribution >= 4 is 28.5 Å². The van der Waals surface area contributed by atoms with Crippen LogP contribution in [0.4, 0.5) is 10.5 Å². The molecule has 2 atom stereocenters. The maximum Gasteiger partial charge on any atom is 0.298 e. The first-order valence-corrected chi connectivity index (χ1v) is 10.9. The molecule has 0 saturated carbocycles. The number of nitrogens with zero attached hydrogens (tertiary/aromatic N) is 4. The number of hydrogen-bond donors (Lipinski definition) is 0. The Morgan fingerprint density at radius 2 is 2.03 bits per heavy atom. The summed E-state index contributed by atoms with van der Waals surface area (Å²) in [5, 5.41) is 3.82. The van der Waals surface area contributed by atoms with Crippen LogP contribution in [0.25, 0.3) is 21.7 Å². The second kappa shape index (κ2) is 6.93. The molecule has 3 aromatic rings. The molecule has 5 heterocycles. The summed E-state index contributed by atoms with van der Waals surface area (Å²) in [7, 11) is 0. The Morgan fingerprint density at radius 3 is 2.72 bits per heavy atom. The Balaban J connectivity index is 1.36. The molecule has 29 heavy (non-hydrogen) atoms. The van der Waals surface area contributed by atoms with Gasteiger partial charge in [0.1, 0.15) is 16.3 Å².